The Hall–Kier alpha value is -2.62. The van der Waals surface area contributed by atoms with Crippen LogP contribution in [0.3, 0.4) is 0 Å². The Labute approximate surface area is 117 Å². The molecule has 0 heterocycles. The Bertz CT molecular complexity index is 623. The fourth-order valence-corrected chi connectivity index (χ4v) is 1.92. The molecule has 102 valence electrons. The molecule has 0 saturated carbocycles. The summed E-state index contributed by atoms with van der Waals surface area (Å²) in [5.74, 6) is -1.57. The molecular formula is C16H15NO3. The minimum absolute atomic E-state index is 0.442. The fraction of sp³-hybridized carbons (Fsp3) is 0.125. The molecule has 20 heavy (non-hydrogen) atoms. The maximum Gasteiger partial charge on any atom is 0.312 e. The minimum Gasteiger partial charge on any atom is -0.481 e. The van der Waals surface area contributed by atoms with Crippen LogP contribution in [0.5, 0.6) is 0 Å². The van der Waals surface area contributed by atoms with Gasteiger partial charge in [-0.1, -0.05) is 42.5 Å². The number of amides is 1. The van der Waals surface area contributed by atoms with E-state index in [0.717, 1.165) is 11.1 Å². The van der Waals surface area contributed by atoms with Crippen LogP contribution in [0.2, 0.25) is 0 Å². The summed E-state index contributed by atoms with van der Waals surface area (Å²) in [6.45, 7) is 0. The van der Waals surface area contributed by atoms with Gasteiger partial charge in [-0.25, -0.2) is 0 Å². The summed E-state index contributed by atoms with van der Waals surface area (Å²) in [6.07, 6.45) is -0.508. The Morgan fingerprint density at radius 2 is 1.65 bits per heavy atom. The second-order valence-corrected chi connectivity index (χ2v) is 4.44. The molecule has 0 aliphatic rings. The van der Waals surface area contributed by atoms with Crippen molar-refractivity contribution in [1.29, 1.82) is 0 Å². The first-order valence-electron chi connectivity index (χ1n) is 6.22. The maximum absolute atomic E-state index is 11.7. The predicted molar refractivity (Wildman–Crippen MR) is 77.5 cm³/mol. The quantitative estimate of drug-likeness (QED) is 0.868. The van der Waals surface area contributed by atoms with Gasteiger partial charge in [0, 0.05) is 12.7 Å². The molecule has 2 rings (SSSR count). The van der Waals surface area contributed by atoms with Gasteiger partial charge >= 0.3 is 5.97 Å². The minimum atomic E-state index is -1.12. The molecule has 0 aliphatic carbocycles. The van der Waals surface area contributed by atoms with Crippen LogP contribution < -0.4 is 4.90 Å². The molecule has 1 amide bonds. The zero-order chi connectivity index (χ0) is 14.5. The van der Waals surface area contributed by atoms with Crippen molar-refractivity contribution < 1.29 is 14.7 Å². The van der Waals surface area contributed by atoms with Crippen molar-refractivity contribution in [3.05, 3.63) is 54.6 Å². The topological polar surface area (TPSA) is 57.6 Å². The largest absolute Gasteiger partial charge is 0.481 e. The molecule has 1 N–H and O–H groups in total. The van der Waals surface area contributed by atoms with Crippen molar-refractivity contribution in [1.82, 2.24) is 0 Å². The Kier molecular flexibility index (Phi) is 4.15. The van der Waals surface area contributed by atoms with E-state index in [9.17, 15) is 9.59 Å². The number of hydrogen-bond donors (Lipinski definition) is 1. The molecule has 0 aliphatic heterocycles. The van der Waals surface area contributed by atoms with Crippen LogP contribution in [0.4, 0.5) is 5.69 Å². The molecule has 0 atom stereocenters. The summed E-state index contributed by atoms with van der Waals surface area (Å²) in [5.41, 5.74) is 2.71. The number of carbonyl (C=O) groups is 2. The third-order valence-electron chi connectivity index (χ3n) is 3.02. The first kappa shape index (κ1) is 13.8. The average molecular weight is 269 g/mol. The van der Waals surface area contributed by atoms with Crippen LogP contribution in [0.1, 0.15) is 6.42 Å². The van der Waals surface area contributed by atoms with E-state index in [4.69, 9.17) is 5.11 Å². The fourth-order valence-electron chi connectivity index (χ4n) is 1.92. The van der Waals surface area contributed by atoms with Gasteiger partial charge in [-0.3, -0.25) is 9.59 Å². The highest BCUT2D eigenvalue weighted by Gasteiger charge is 2.14. The molecule has 0 unspecified atom stereocenters. The lowest BCUT2D eigenvalue weighted by atomic mass is 10.1. The van der Waals surface area contributed by atoms with E-state index in [2.05, 4.69) is 0 Å². The molecular weight excluding hydrogens is 254 g/mol. The summed E-state index contributed by atoms with van der Waals surface area (Å²) < 4.78 is 0. The van der Waals surface area contributed by atoms with Gasteiger partial charge in [-0.2, -0.15) is 0 Å². The van der Waals surface area contributed by atoms with Gasteiger partial charge in [0.2, 0.25) is 5.91 Å². The van der Waals surface area contributed by atoms with E-state index in [1.54, 1.807) is 13.1 Å². The number of aliphatic carboxylic acids is 1. The van der Waals surface area contributed by atoms with E-state index in [0.29, 0.717) is 5.69 Å². The summed E-state index contributed by atoms with van der Waals surface area (Å²) in [5, 5.41) is 8.66. The Balaban J connectivity index is 2.26. The smallest absolute Gasteiger partial charge is 0.312 e. The van der Waals surface area contributed by atoms with Crippen LogP contribution in [-0.4, -0.2) is 24.0 Å². The summed E-state index contributed by atoms with van der Waals surface area (Å²) in [7, 11) is 1.58. The number of carboxylic acids is 1. The van der Waals surface area contributed by atoms with Gasteiger partial charge in [0.25, 0.3) is 0 Å². The van der Waals surface area contributed by atoms with E-state index in [1.807, 2.05) is 48.5 Å². The van der Waals surface area contributed by atoms with Crippen LogP contribution in [0, 0.1) is 0 Å². The highest BCUT2D eigenvalue weighted by atomic mass is 16.4. The number of nitrogens with zero attached hydrogens (tertiary/aromatic N) is 1. The lowest BCUT2D eigenvalue weighted by Gasteiger charge is -2.17. The average Bonchev–Trinajstić information content (AvgIpc) is 2.47. The van der Waals surface area contributed by atoms with Crippen LogP contribution in [0.25, 0.3) is 11.1 Å². The van der Waals surface area contributed by atoms with Crippen molar-refractivity contribution in [2.75, 3.05) is 11.9 Å². The second kappa shape index (κ2) is 6.02. The summed E-state index contributed by atoms with van der Waals surface area (Å²) in [6, 6.07) is 17.3. The molecule has 0 spiro atoms. The number of hydrogen-bond acceptors (Lipinski definition) is 2. The number of anilines is 1. The van der Waals surface area contributed by atoms with E-state index in [1.165, 1.54) is 4.90 Å². The monoisotopic (exact) mass is 269 g/mol. The third kappa shape index (κ3) is 3.23. The number of carbonyl (C=O) groups excluding carboxylic acids is 1. The number of carboxylic acid groups (broad SMARTS) is 1. The zero-order valence-electron chi connectivity index (χ0n) is 11.1. The lowest BCUT2D eigenvalue weighted by molar-refractivity contribution is -0.140. The van der Waals surface area contributed by atoms with Gasteiger partial charge in [0.1, 0.15) is 6.42 Å². The van der Waals surface area contributed by atoms with E-state index < -0.39 is 18.3 Å². The third-order valence-corrected chi connectivity index (χ3v) is 3.02. The Morgan fingerprint density at radius 3 is 2.30 bits per heavy atom. The Morgan fingerprint density at radius 1 is 1.00 bits per heavy atom. The summed E-state index contributed by atoms with van der Waals surface area (Å²) in [4.78, 5) is 23.7. The first-order valence-corrected chi connectivity index (χ1v) is 6.22. The van der Waals surface area contributed by atoms with Crippen LogP contribution in [-0.2, 0) is 9.59 Å². The van der Waals surface area contributed by atoms with Crippen LogP contribution >= 0.6 is 0 Å². The van der Waals surface area contributed by atoms with Crippen molar-refractivity contribution in [3.8, 4) is 11.1 Å². The van der Waals surface area contributed by atoms with Gasteiger partial charge < -0.3 is 10.0 Å². The molecule has 4 heteroatoms. The molecule has 0 aromatic heterocycles. The first-order chi connectivity index (χ1) is 9.58. The maximum atomic E-state index is 11.7. The second-order valence-electron chi connectivity index (χ2n) is 4.44. The predicted octanol–water partition coefficient (Wildman–Crippen LogP) is 2.79. The highest BCUT2D eigenvalue weighted by Crippen LogP contribution is 2.24. The molecule has 0 bridgehead atoms. The molecule has 2 aromatic carbocycles. The normalized spacial score (nSPS) is 10.1. The number of benzene rings is 2. The molecule has 0 fully saturated rings. The molecule has 0 saturated heterocycles. The SMILES string of the molecule is CN(C(=O)CC(=O)O)c1cccc(-c2ccccc2)c1. The molecule has 4 nitrogen and oxygen atoms in total. The van der Waals surface area contributed by atoms with Gasteiger partial charge in [0.15, 0.2) is 0 Å². The lowest BCUT2D eigenvalue weighted by Crippen LogP contribution is -2.28. The van der Waals surface area contributed by atoms with Crippen molar-refractivity contribution in [3.63, 3.8) is 0 Å². The van der Waals surface area contributed by atoms with Crippen molar-refractivity contribution >= 4 is 17.6 Å². The standard InChI is InChI=1S/C16H15NO3/c1-17(15(18)11-16(19)20)14-9-5-8-13(10-14)12-6-3-2-4-7-12/h2-10H,11H2,1H3,(H,19,20). The van der Waals surface area contributed by atoms with E-state index >= 15 is 0 Å². The summed E-state index contributed by atoms with van der Waals surface area (Å²) >= 11 is 0. The molecule has 2 aromatic rings. The van der Waals surface area contributed by atoms with Crippen molar-refractivity contribution in [2.45, 2.75) is 6.42 Å². The van der Waals surface area contributed by atoms with Crippen LogP contribution in [0.15, 0.2) is 54.6 Å². The highest BCUT2D eigenvalue weighted by molar-refractivity contribution is 6.02. The number of rotatable bonds is 4. The molecule has 0 radical (unpaired) electrons. The van der Waals surface area contributed by atoms with Gasteiger partial charge in [0.05, 0.1) is 0 Å². The van der Waals surface area contributed by atoms with Gasteiger partial charge in [-0.05, 0) is 23.3 Å². The van der Waals surface area contributed by atoms with E-state index in [-0.39, 0.29) is 0 Å². The van der Waals surface area contributed by atoms with Crippen molar-refractivity contribution in [2.24, 2.45) is 0 Å². The van der Waals surface area contributed by atoms with Gasteiger partial charge in [-0.15, -0.1) is 0 Å². The zero-order valence-corrected chi connectivity index (χ0v) is 11.1.